The predicted octanol–water partition coefficient (Wildman–Crippen LogP) is 3.34. The number of halogens is 3. The van der Waals surface area contributed by atoms with E-state index in [1.165, 1.54) is 0 Å². The third-order valence-electron chi connectivity index (χ3n) is 2.48. The van der Waals surface area contributed by atoms with Crippen LogP contribution in [0, 0.1) is 17.9 Å². The Morgan fingerprint density at radius 3 is 1.92 bits per heavy atom. The van der Waals surface area contributed by atoms with Crippen LogP contribution in [-0.2, 0) is 0 Å². The third-order valence-corrected chi connectivity index (χ3v) is 2.48. The molecule has 0 N–H and O–H groups in total. The van der Waals surface area contributed by atoms with Crippen molar-refractivity contribution in [2.75, 3.05) is 0 Å². The van der Waals surface area contributed by atoms with Crippen LogP contribution in [0.5, 0.6) is 0 Å². The zero-order valence-electron chi connectivity index (χ0n) is 6.82. The maximum absolute atomic E-state index is 12.1. The summed E-state index contributed by atoms with van der Waals surface area (Å²) < 4.78 is 36.4. The maximum Gasteiger partial charge on any atom is 0.391 e. The summed E-state index contributed by atoms with van der Waals surface area (Å²) in [5, 5.41) is 0. The Bertz CT molecular complexity index is 152. The van der Waals surface area contributed by atoms with Gasteiger partial charge < -0.3 is 0 Å². The summed E-state index contributed by atoms with van der Waals surface area (Å²) in [5.41, 5.74) is 0. The van der Waals surface area contributed by atoms with Crippen molar-refractivity contribution in [1.82, 2.24) is 0 Å². The lowest BCUT2D eigenvalue weighted by Gasteiger charge is -2.27. The highest BCUT2D eigenvalue weighted by molar-refractivity contribution is 4.81. The fraction of sp³-hybridized carbons (Fsp3) is 0.778. The number of hydrogen-bond donors (Lipinski definition) is 0. The van der Waals surface area contributed by atoms with Crippen LogP contribution in [0.15, 0.2) is 6.58 Å². The highest BCUT2D eigenvalue weighted by Gasteiger charge is 2.40. The first-order valence-corrected chi connectivity index (χ1v) is 4.13. The summed E-state index contributed by atoms with van der Waals surface area (Å²) in [6.07, 6.45) is 0.440. The van der Waals surface area contributed by atoms with E-state index >= 15 is 0 Å². The standard InChI is InChI=1S/C9H12F3/c1-2-7-3-5-8(6-4-7)9(10,11)12/h7-8H,1,3-6H2. The summed E-state index contributed by atoms with van der Waals surface area (Å²) >= 11 is 0. The van der Waals surface area contributed by atoms with Crippen molar-refractivity contribution in [1.29, 1.82) is 0 Å². The van der Waals surface area contributed by atoms with Gasteiger partial charge in [0.25, 0.3) is 0 Å². The van der Waals surface area contributed by atoms with E-state index in [2.05, 4.69) is 12.7 Å². The second-order valence-corrected chi connectivity index (χ2v) is 3.29. The van der Waals surface area contributed by atoms with Gasteiger partial charge in [0.15, 0.2) is 0 Å². The fourth-order valence-electron chi connectivity index (χ4n) is 1.62. The molecule has 1 aliphatic rings. The van der Waals surface area contributed by atoms with Crippen LogP contribution in [0.25, 0.3) is 0 Å². The lowest BCUT2D eigenvalue weighted by Crippen LogP contribution is -2.27. The molecule has 1 fully saturated rings. The van der Waals surface area contributed by atoms with Gasteiger partial charge >= 0.3 is 6.18 Å². The summed E-state index contributed by atoms with van der Waals surface area (Å²) in [7, 11) is 0. The van der Waals surface area contributed by atoms with Gasteiger partial charge in [-0.15, -0.1) is 0 Å². The quantitative estimate of drug-likeness (QED) is 0.576. The molecule has 0 aromatic rings. The van der Waals surface area contributed by atoms with E-state index in [-0.39, 0.29) is 18.8 Å². The molecule has 1 radical (unpaired) electrons. The largest absolute Gasteiger partial charge is 0.391 e. The van der Waals surface area contributed by atoms with Crippen LogP contribution in [0.3, 0.4) is 0 Å². The van der Waals surface area contributed by atoms with Gasteiger partial charge in [-0.25, -0.2) is 0 Å². The highest BCUT2D eigenvalue weighted by atomic mass is 19.4. The topological polar surface area (TPSA) is 0 Å². The number of hydrogen-bond acceptors (Lipinski definition) is 0. The molecule has 0 spiro atoms. The zero-order valence-corrected chi connectivity index (χ0v) is 6.82. The summed E-state index contributed by atoms with van der Waals surface area (Å²) in [5.74, 6) is -0.898. The van der Waals surface area contributed by atoms with E-state index in [4.69, 9.17) is 0 Å². The fourth-order valence-corrected chi connectivity index (χ4v) is 1.62. The lowest BCUT2D eigenvalue weighted by molar-refractivity contribution is -0.183. The average Bonchev–Trinajstić information content (AvgIpc) is 2.03. The summed E-state index contributed by atoms with van der Waals surface area (Å²) in [6, 6.07) is 0. The molecule has 0 atom stereocenters. The summed E-state index contributed by atoms with van der Waals surface area (Å²) in [4.78, 5) is 0. The van der Waals surface area contributed by atoms with Crippen molar-refractivity contribution >= 4 is 0 Å². The van der Waals surface area contributed by atoms with Crippen LogP contribution < -0.4 is 0 Å². The molecule has 3 heteroatoms. The van der Waals surface area contributed by atoms with E-state index in [0.29, 0.717) is 12.8 Å². The zero-order chi connectivity index (χ0) is 9.19. The molecular formula is C9H12F3. The first kappa shape index (κ1) is 9.62. The monoisotopic (exact) mass is 177 g/mol. The minimum Gasteiger partial charge on any atom is -0.171 e. The van der Waals surface area contributed by atoms with E-state index in [0.717, 1.165) is 0 Å². The van der Waals surface area contributed by atoms with Gasteiger partial charge in [0, 0.05) is 0 Å². The second kappa shape index (κ2) is 3.50. The van der Waals surface area contributed by atoms with Gasteiger partial charge in [0.1, 0.15) is 0 Å². The number of alkyl halides is 3. The molecule has 1 aliphatic carbocycles. The minimum atomic E-state index is -3.99. The van der Waals surface area contributed by atoms with Crippen LogP contribution in [-0.4, -0.2) is 6.18 Å². The third kappa shape index (κ3) is 2.26. The van der Waals surface area contributed by atoms with Crippen LogP contribution in [0.4, 0.5) is 13.2 Å². The van der Waals surface area contributed by atoms with Gasteiger partial charge in [-0.2, -0.15) is 13.2 Å². The molecule has 0 aromatic heterocycles. The number of rotatable bonds is 1. The van der Waals surface area contributed by atoms with Gasteiger partial charge in [-0.05, 0) is 37.7 Å². The Hall–Kier alpha value is -0.470. The van der Waals surface area contributed by atoms with E-state index in [1.807, 2.05) is 0 Å². The van der Waals surface area contributed by atoms with Crippen molar-refractivity contribution in [3.8, 4) is 0 Å². The highest BCUT2D eigenvalue weighted by Crippen LogP contribution is 2.39. The molecule has 0 aromatic carbocycles. The Morgan fingerprint density at radius 2 is 1.58 bits per heavy atom. The molecule has 0 bridgehead atoms. The van der Waals surface area contributed by atoms with Crippen molar-refractivity contribution in [3.63, 3.8) is 0 Å². The Labute approximate surface area is 70.5 Å². The van der Waals surface area contributed by atoms with Gasteiger partial charge in [0.05, 0.1) is 5.92 Å². The lowest BCUT2D eigenvalue weighted by atomic mass is 9.82. The molecule has 0 nitrogen and oxygen atoms in total. The minimum absolute atomic E-state index is 0.184. The molecule has 0 aliphatic heterocycles. The van der Waals surface area contributed by atoms with E-state index in [1.54, 1.807) is 0 Å². The van der Waals surface area contributed by atoms with Gasteiger partial charge in [-0.3, -0.25) is 0 Å². The molecule has 0 unspecified atom stereocenters. The average molecular weight is 177 g/mol. The predicted molar refractivity (Wildman–Crippen MR) is 40.4 cm³/mol. The normalized spacial score (nSPS) is 31.6. The maximum atomic E-state index is 12.1. The molecule has 0 amide bonds. The molecule has 1 rings (SSSR count). The van der Waals surface area contributed by atoms with Crippen molar-refractivity contribution in [2.24, 2.45) is 11.8 Å². The van der Waals surface area contributed by atoms with Crippen LogP contribution in [0.1, 0.15) is 25.7 Å². The Balaban J connectivity index is 2.41. The molecular weight excluding hydrogens is 165 g/mol. The van der Waals surface area contributed by atoms with Gasteiger partial charge in [0.2, 0.25) is 0 Å². The van der Waals surface area contributed by atoms with Crippen molar-refractivity contribution in [3.05, 3.63) is 12.7 Å². The SMILES string of the molecule is C=[C]C1CCC(C(F)(F)F)CC1. The molecule has 69 valence electrons. The molecule has 1 saturated carbocycles. The number of allylic oxidation sites excluding steroid dienone is 1. The van der Waals surface area contributed by atoms with Gasteiger partial charge in [-0.1, -0.05) is 6.58 Å². The smallest absolute Gasteiger partial charge is 0.171 e. The second-order valence-electron chi connectivity index (χ2n) is 3.29. The summed E-state index contributed by atoms with van der Waals surface area (Å²) in [6.45, 7) is 3.47. The Morgan fingerprint density at radius 1 is 1.08 bits per heavy atom. The first-order chi connectivity index (χ1) is 5.54. The van der Waals surface area contributed by atoms with Crippen molar-refractivity contribution < 1.29 is 13.2 Å². The van der Waals surface area contributed by atoms with E-state index in [9.17, 15) is 13.2 Å². The van der Waals surface area contributed by atoms with E-state index < -0.39 is 12.1 Å². The molecule has 0 heterocycles. The van der Waals surface area contributed by atoms with Crippen LogP contribution >= 0.6 is 0 Å². The van der Waals surface area contributed by atoms with Crippen molar-refractivity contribution in [2.45, 2.75) is 31.9 Å². The Kier molecular flexibility index (Phi) is 2.80. The first-order valence-electron chi connectivity index (χ1n) is 4.13. The van der Waals surface area contributed by atoms with Crippen LogP contribution in [0.2, 0.25) is 0 Å². The molecule has 12 heavy (non-hydrogen) atoms. The molecule has 0 saturated heterocycles.